The van der Waals surface area contributed by atoms with Crippen molar-refractivity contribution in [2.24, 2.45) is 0 Å². The number of carbonyl (C=O) groups excluding carboxylic acids is 2. The highest BCUT2D eigenvalue weighted by atomic mass is 16.7. The van der Waals surface area contributed by atoms with E-state index in [1.807, 2.05) is 78.9 Å². The van der Waals surface area contributed by atoms with Gasteiger partial charge in [0.2, 0.25) is 0 Å². The van der Waals surface area contributed by atoms with Gasteiger partial charge in [-0.15, -0.1) is 0 Å². The van der Waals surface area contributed by atoms with Crippen molar-refractivity contribution in [1.82, 2.24) is 10.4 Å². The number of aryl methyl sites for hydroxylation is 1. The van der Waals surface area contributed by atoms with Crippen LogP contribution in [0.2, 0.25) is 0 Å². The van der Waals surface area contributed by atoms with Gasteiger partial charge in [0.25, 0.3) is 0 Å². The lowest BCUT2D eigenvalue weighted by Crippen LogP contribution is -2.45. The third-order valence-corrected chi connectivity index (χ3v) is 6.00. The van der Waals surface area contributed by atoms with Gasteiger partial charge in [0, 0.05) is 6.54 Å². The first-order chi connectivity index (χ1) is 17.7. The molecule has 6 nitrogen and oxygen atoms in total. The molecule has 0 fully saturated rings. The first kappa shape index (κ1) is 24.9. The van der Waals surface area contributed by atoms with Crippen LogP contribution >= 0.6 is 0 Å². The van der Waals surface area contributed by atoms with Crippen molar-refractivity contribution in [1.29, 1.82) is 0 Å². The largest absolute Gasteiger partial charge is 0.444 e. The van der Waals surface area contributed by atoms with Crippen LogP contribution in [-0.2, 0) is 35.6 Å². The summed E-state index contributed by atoms with van der Waals surface area (Å²) >= 11 is 0. The van der Waals surface area contributed by atoms with Crippen LogP contribution in [0.4, 0.5) is 9.59 Å². The summed E-state index contributed by atoms with van der Waals surface area (Å²) in [6, 6.07) is 30.5. The van der Waals surface area contributed by atoms with Gasteiger partial charge in [0.05, 0.1) is 6.61 Å². The fourth-order valence-corrected chi connectivity index (χ4v) is 4.08. The van der Waals surface area contributed by atoms with E-state index >= 15 is 0 Å². The Kier molecular flexibility index (Phi) is 8.67. The molecule has 1 N–H and O–H groups in total. The molecule has 0 aliphatic carbocycles. The third kappa shape index (κ3) is 6.49. The van der Waals surface area contributed by atoms with Crippen LogP contribution in [0.3, 0.4) is 0 Å². The van der Waals surface area contributed by atoms with E-state index in [0.29, 0.717) is 6.42 Å². The topological polar surface area (TPSA) is 67.9 Å². The number of nitrogens with one attached hydrogen (secondary N) is 1. The molecule has 0 atom stereocenters. The van der Waals surface area contributed by atoms with Crippen molar-refractivity contribution >= 4 is 22.9 Å². The number of amides is 3. The SMILES string of the molecule is CCc1cccc2c(CCN(C(=O)NOCc3ccccc3)C(=O)OCc3ccccc3)cccc12. The van der Waals surface area contributed by atoms with Crippen molar-refractivity contribution in [2.75, 3.05) is 6.54 Å². The molecule has 0 unspecified atom stereocenters. The molecule has 3 amide bonds. The van der Waals surface area contributed by atoms with E-state index < -0.39 is 12.1 Å². The van der Waals surface area contributed by atoms with Crippen molar-refractivity contribution in [3.05, 3.63) is 119 Å². The smallest absolute Gasteiger partial charge is 0.418 e. The Morgan fingerprint density at radius 3 is 1.94 bits per heavy atom. The Bertz CT molecular complexity index is 1290. The summed E-state index contributed by atoms with van der Waals surface area (Å²) in [6.07, 6.45) is 0.686. The first-order valence-corrected chi connectivity index (χ1v) is 12.1. The molecule has 184 valence electrons. The molecule has 0 aromatic heterocycles. The Morgan fingerprint density at radius 1 is 0.722 bits per heavy atom. The van der Waals surface area contributed by atoms with Gasteiger partial charge < -0.3 is 4.74 Å². The molecule has 0 aliphatic heterocycles. The summed E-state index contributed by atoms with van der Waals surface area (Å²) < 4.78 is 5.46. The van der Waals surface area contributed by atoms with Gasteiger partial charge in [-0.3, -0.25) is 4.84 Å². The van der Waals surface area contributed by atoms with Gasteiger partial charge in [-0.1, -0.05) is 104 Å². The van der Waals surface area contributed by atoms with Crippen LogP contribution < -0.4 is 5.48 Å². The van der Waals surface area contributed by atoms with Crippen molar-refractivity contribution in [3.63, 3.8) is 0 Å². The summed E-state index contributed by atoms with van der Waals surface area (Å²) in [6.45, 7) is 2.53. The standard InChI is InChI=1S/C30H30N2O4/c1-2-25-15-9-18-28-26(16-10-17-27(25)28)19-20-32(30(34)35-21-23-11-5-3-6-12-23)29(33)31-36-22-24-13-7-4-8-14-24/h3-18H,2,19-22H2,1H3,(H,31,33). The average Bonchev–Trinajstić information content (AvgIpc) is 2.93. The summed E-state index contributed by atoms with van der Waals surface area (Å²) in [5.74, 6) is 0. The number of hydrogen-bond donors (Lipinski definition) is 1. The van der Waals surface area contributed by atoms with Gasteiger partial charge in [-0.2, -0.15) is 0 Å². The molecule has 0 saturated heterocycles. The van der Waals surface area contributed by atoms with E-state index in [0.717, 1.165) is 33.4 Å². The predicted molar refractivity (Wildman–Crippen MR) is 140 cm³/mol. The van der Waals surface area contributed by atoms with Crippen LogP contribution in [0.5, 0.6) is 0 Å². The monoisotopic (exact) mass is 482 g/mol. The van der Waals surface area contributed by atoms with E-state index in [9.17, 15) is 9.59 Å². The highest BCUT2D eigenvalue weighted by Crippen LogP contribution is 2.23. The second-order valence-electron chi connectivity index (χ2n) is 8.41. The number of carbonyl (C=O) groups is 2. The normalized spacial score (nSPS) is 10.7. The maximum absolute atomic E-state index is 13.0. The molecule has 0 saturated carbocycles. The van der Waals surface area contributed by atoms with Gasteiger partial charge in [-0.05, 0) is 45.9 Å². The molecule has 0 aliphatic rings. The third-order valence-electron chi connectivity index (χ3n) is 6.00. The maximum atomic E-state index is 13.0. The minimum Gasteiger partial charge on any atom is -0.444 e. The summed E-state index contributed by atoms with van der Waals surface area (Å²) in [5, 5.41) is 2.31. The van der Waals surface area contributed by atoms with Crippen molar-refractivity contribution in [2.45, 2.75) is 33.0 Å². The fraction of sp³-hybridized carbons (Fsp3) is 0.200. The van der Waals surface area contributed by atoms with Crippen LogP contribution in [0, 0.1) is 0 Å². The molecule has 0 radical (unpaired) electrons. The van der Waals surface area contributed by atoms with Gasteiger partial charge in [-0.25, -0.2) is 20.0 Å². The van der Waals surface area contributed by atoms with E-state index in [-0.39, 0.29) is 19.8 Å². The zero-order valence-electron chi connectivity index (χ0n) is 20.4. The lowest BCUT2D eigenvalue weighted by atomic mass is 9.97. The second-order valence-corrected chi connectivity index (χ2v) is 8.41. The summed E-state index contributed by atoms with van der Waals surface area (Å²) in [5.41, 5.74) is 6.45. The van der Waals surface area contributed by atoms with Gasteiger partial charge in [0.15, 0.2) is 0 Å². The van der Waals surface area contributed by atoms with E-state index in [1.54, 1.807) is 0 Å². The number of nitrogens with zero attached hydrogens (tertiary/aromatic N) is 1. The molecule has 36 heavy (non-hydrogen) atoms. The highest BCUT2D eigenvalue weighted by molar-refractivity contribution is 5.91. The number of ether oxygens (including phenoxy) is 1. The van der Waals surface area contributed by atoms with Crippen LogP contribution in [0.1, 0.15) is 29.2 Å². The fourth-order valence-electron chi connectivity index (χ4n) is 4.08. The predicted octanol–water partition coefficient (Wildman–Crippen LogP) is 6.42. The zero-order valence-corrected chi connectivity index (χ0v) is 20.4. The maximum Gasteiger partial charge on any atom is 0.418 e. The number of hydrogen-bond acceptors (Lipinski definition) is 4. The average molecular weight is 483 g/mol. The summed E-state index contributed by atoms with van der Waals surface area (Å²) in [7, 11) is 0. The van der Waals surface area contributed by atoms with Crippen LogP contribution in [-0.4, -0.2) is 23.6 Å². The van der Waals surface area contributed by atoms with Crippen molar-refractivity contribution in [3.8, 4) is 0 Å². The number of rotatable bonds is 9. The van der Waals surface area contributed by atoms with Crippen LogP contribution in [0.25, 0.3) is 10.8 Å². The van der Waals surface area contributed by atoms with E-state index in [2.05, 4.69) is 30.6 Å². The number of imide groups is 1. The number of urea groups is 1. The molecule has 4 aromatic rings. The Hall–Kier alpha value is -4.16. The number of benzene rings is 4. The van der Waals surface area contributed by atoms with Crippen LogP contribution in [0.15, 0.2) is 97.1 Å². The molecule has 4 rings (SSSR count). The molecule has 0 bridgehead atoms. The molecule has 0 spiro atoms. The van der Waals surface area contributed by atoms with Crippen molar-refractivity contribution < 1.29 is 19.2 Å². The van der Waals surface area contributed by atoms with E-state index in [4.69, 9.17) is 9.57 Å². The molecular weight excluding hydrogens is 452 g/mol. The second kappa shape index (κ2) is 12.5. The molecule has 4 aromatic carbocycles. The Labute approximate surface area is 211 Å². The Morgan fingerprint density at radius 2 is 1.31 bits per heavy atom. The van der Waals surface area contributed by atoms with Gasteiger partial charge in [0.1, 0.15) is 6.61 Å². The minimum atomic E-state index is -0.728. The quantitative estimate of drug-likeness (QED) is 0.279. The highest BCUT2D eigenvalue weighted by Gasteiger charge is 2.23. The lowest BCUT2D eigenvalue weighted by molar-refractivity contribution is 0.0332. The Balaban J connectivity index is 1.46. The molecular formula is C30H30N2O4. The minimum absolute atomic E-state index is 0.0719. The number of fused-ring (bicyclic) bond motifs is 1. The molecule has 0 heterocycles. The summed E-state index contributed by atoms with van der Waals surface area (Å²) in [4.78, 5) is 32.4. The van der Waals surface area contributed by atoms with Gasteiger partial charge >= 0.3 is 12.1 Å². The zero-order chi connectivity index (χ0) is 25.2. The number of hydroxylamine groups is 1. The molecule has 6 heteroatoms. The first-order valence-electron chi connectivity index (χ1n) is 12.1. The van der Waals surface area contributed by atoms with E-state index in [1.165, 1.54) is 10.9 Å². The lowest BCUT2D eigenvalue weighted by Gasteiger charge is -2.21.